The molecule has 25 heavy (non-hydrogen) atoms. The van der Waals surface area contributed by atoms with Crippen molar-refractivity contribution in [2.45, 2.75) is 19.1 Å². The van der Waals surface area contributed by atoms with E-state index in [1.807, 2.05) is 24.4 Å². The van der Waals surface area contributed by atoms with E-state index in [4.69, 9.17) is 0 Å². The Hall–Kier alpha value is -3.02. The van der Waals surface area contributed by atoms with E-state index in [-0.39, 0.29) is 12.4 Å². The van der Waals surface area contributed by atoms with Crippen molar-refractivity contribution in [2.75, 3.05) is 0 Å². The molecule has 0 amide bonds. The summed E-state index contributed by atoms with van der Waals surface area (Å²) in [7, 11) is 0. The summed E-state index contributed by atoms with van der Waals surface area (Å²) in [6.45, 7) is 0.262. The molecule has 6 heteroatoms. The molecule has 0 saturated carbocycles. The van der Waals surface area contributed by atoms with Gasteiger partial charge in [-0.1, -0.05) is 0 Å². The van der Waals surface area contributed by atoms with Gasteiger partial charge in [0.05, 0.1) is 12.1 Å². The van der Waals surface area contributed by atoms with Gasteiger partial charge in [0.1, 0.15) is 17.7 Å². The minimum absolute atomic E-state index is 0.262. The van der Waals surface area contributed by atoms with Crippen LogP contribution in [-0.2, 0) is 13.0 Å². The number of nitrogens with zero attached hydrogens (tertiary/aromatic N) is 4. The Bertz CT molecular complexity index is 1080. The first-order valence-corrected chi connectivity index (χ1v) is 8.12. The molecule has 1 aliphatic rings. The van der Waals surface area contributed by atoms with Gasteiger partial charge in [-0.2, -0.15) is 10.2 Å². The summed E-state index contributed by atoms with van der Waals surface area (Å²) < 4.78 is 30.7. The average Bonchev–Trinajstić information content (AvgIpc) is 3.28. The monoisotopic (exact) mass is 336 g/mol. The second-order valence-corrected chi connectivity index (χ2v) is 6.28. The predicted molar refractivity (Wildman–Crippen MR) is 90.4 cm³/mol. The maximum absolute atomic E-state index is 13.9. The maximum atomic E-state index is 13.9. The number of benzene rings is 1. The van der Waals surface area contributed by atoms with Crippen LogP contribution in [0.3, 0.4) is 0 Å². The minimum atomic E-state index is -0.915. The lowest BCUT2D eigenvalue weighted by atomic mass is 9.98. The summed E-state index contributed by atoms with van der Waals surface area (Å²) in [6.07, 6.45) is 3.04. The van der Waals surface area contributed by atoms with Gasteiger partial charge in [-0.15, -0.1) is 0 Å². The summed E-state index contributed by atoms with van der Waals surface area (Å²) in [4.78, 5) is 0. The normalized spacial score (nSPS) is 16.5. The van der Waals surface area contributed by atoms with Gasteiger partial charge in [-0.05, 0) is 48.0 Å². The third-order valence-electron chi connectivity index (χ3n) is 4.65. The first-order chi connectivity index (χ1) is 12.2. The molecule has 0 spiro atoms. The summed E-state index contributed by atoms with van der Waals surface area (Å²) in [5.41, 5.74) is 5.29. The van der Waals surface area contributed by atoms with Crippen LogP contribution in [0.15, 0.2) is 54.9 Å². The summed E-state index contributed by atoms with van der Waals surface area (Å²) >= 11 is 0. The van der Waals surface area contributed by atoms with Crippen LogP contribution in [0.5, 0.6) is 0 Å². The molecule has 3 aromatic heterocycles. The van der Waals surface area contributed by atoms with Gasteiger partial charge >= 0.3 is 0 Å². The molecule has 0 fully saturated rings. The van der Waals surface area contributed by atoms with E-state index in [0.29, 0.717) is 6.42 Å². The van der Waals surface area contributed by atoms with Gasteiger partial charge < -0.3 is 0 Å². The van der Waals surface area contributed by atoms with Crippen molar-refractivity contribution in [3.05, 3.63) is 66.4 Å². The van der Waals surface area contributed by atoms with Crippen LogP contribution >= 0.6 is 0 Å². The van der Waals surface area contributed by atoms with Crippen LogP contribution in [0.2, 0.25) is 0 Å². The topological polar surface area (TPSA) is 35.1 Å². The maximum Gasteiger partial charge on any atom is 0.125 e. The second kappa shape index (κ2) is 5.24. The van der Waals surface area contributed by atoms with E-state index in [9.17, 15) is 8.78 Å². The molecule has 0 unspecified atom stereocenters. The van der Waals surface area contributed by atoms with Crippen molar-refractivity contribution >= 4 is 5.52 Å². The lowest BCUT2D eigenvalue weighted by Gasteiger charge is -2.07. The molecule has 5 rings (SSSR count). The van der Waals surface area contributed by atoms with Gasteiger partial charge in [-0.25, -0.2) is 13.3 Å². The van der Waals surface area contributed by atoms with Crippen LogP contribution in [0.25, 0.3) is 27.9 Å². The standard InChI is InChI=1S/C19H14F2N4/c20-14-3-1-12(2-4-14)19-18(17-10-15(21)11-25(17)23-19)13-6-8-24-16(9-13)5-7-22-24/h1-9,15H,10-11H2/t15-/m0/s1. The molecule has 0 saturated heterocycles. The smallest absolute Gasteiger partial charge is 0.125 e. The van der Waals surface area contributed by atoms with Gasteiger partial charge in [-0.3, -0.25) is 4.68 Å². The van der Waals surface area contributed by atoms with Crippen LogP contribution in [0.1, 0.15) is 5.69 Å². The fourth-order valence-corrected chi connectivity index (χ4v) is 3.51. The van der Waals surface area contributed by atoms with Crippen LogP contribution in [0.4, 0.5) is 8.78 Å². The van der Waals surface area contributed by atoms with Gasteiger partial charge in [0.2, 0.25) is 0 Å². The highest BCUT2D eigenvalue weighted by atomic mass is 19.1. The molecule has 4 nitrogen and oxygen atoms in total. The lowest BCUT2D eigenvalue weighted by molar-refractivity contribution is 0.322. The molecular formula is C19H14F2N4. The Morgan fingerprint density at radius 3 is 2.72 bits per heavy atom. The molecule has 0 radical (unpaired) electrons. The fraction of sp³-hybridized carbons (Fsp3) is 0.158. The SMILES string of the molecule is Fc1ccc(-c2nn3c(c2-c2ccn4nccc4c2)C[C@H](F)C3)cc1. The average molecular weight is 336 g/mol. The van der Waals surface area contributed by atoms with E-state index in [1.165, 1.54) is 12.1 Å². The van der Waals surface area contributed by atoms with Gasteiger partial charge in [0.25, 0.3) is 0 Å². The highest BCUT2D eigenvalue weighted by Crippen LogP contribution is 2.38. The summed E-state index contributed by atoms with van der Waals surface area (Å²) in [5.74, 6) is -0.290. The number of fused-ring (bicyclic) bond motifs is 2. The number of rotatable bonds is 2. The van der Waals surface area contributed by atoms with Crippen molar-refractivity contribution in [2.24, 2.45) is 0 Å². The molecule has 1 aliphatic heterocycles. The Morgan fingerprint density at radius 1 is 1.04 bits per heavy atom. The molecule has 4 heterocycles. The van der Waals surface area contributed by atoms with Crippen LogP contribution in [-0.4, -0.2) is 25.6 Å². The number of hydrogen-bond donors (Lipinski definition) is 0. The van der Waals surface area contributed by atoms with Crippen molar-refractivity contribution in [3.8, 4) is 22.4 Å². The number of hydrogen-bond acceptors (Lipinski definition) is 2. The second-order valence-electron chi connectivity index (χ2n) is 6.28. The van der Waals surface area contributed by atoms with Gasteiger partial charge in [0.15, 0.2) is 0 Å². The third kappa shape index (κ3) is 2.25. The molecule has 0 aliphatic carbocycles. The van der Waals surface area contributed by atoms with Crippen molar-refractivity contribution in [1.29, 1.82) is 0 Å². The van der Waals surface area contributed by atoms with Crippen molar-refractivity contribution in [1.82, 2.24) is 19.4 Å². The summed E-state index contributed by atoms with van der Waals surface area (Å²) in [6, 6.07) is 12.1. The van der Waals surface area contributed by atoms with E-state index in [0.717, 1.165) is 33.6 Å². The number of pyridine rings is 1. The predicted octanol–water partition coefficient (Wildman–Crippen LogP) is 3.90. The van der Waals surface area contributed by atoms with Gasteiger partial charge in [0, 0.05) is 35.6 Å². The largest absolute Gasteiger partial charge is 0.265 e. The zero-order valence-corrected chi connectivity index (χ0v) is 13.2. The zero-order chi connectivity index (χ0) is 17.0. The lowest BCUT2D eigenvalue weighted by Crippen LogP contribution is -2.03. The Morgan fingerprint density at radius 2 is 1.88 bits per heavy atom. The highest BCUT2D eigenvalue weighted by molar-refractivity contribution is 5.84. The molecule has 1 atom stereocenters. The summed E-state index contributed by atoms with van der Waals surface area (Å²) in [5, 5.41) is 8.83. The van der Waals surface area contributed by atoms with E-state index in [2.05, 4.69) is 10.2 Å². The molecular weight excluding hydrogens is 322 g/mol. The van der Waals surface area contributed by atoms with Crippen LogP contribution in [0, 0.1) is 5.82 Å². The van der Waals surface area contributed by atoms with E-state index >= 15 is 0 Å². The number of alkyl halides is 1. The zero-order valence-electron chi connectivity index (χ0n) is 13.2. The Labute approximate surface area is 142 Å². The fourth-order valence-electron chi connectivity index (χ4n) is 3.51. The third-order valence-corrected chi connectivity index (χ3v) is 4.65. The molecule has 1 aromatic carbocycles. The Kier molecular flexibility index (Phi) is 3.00. The van der Waals surface area contributed by atoms with Crippen molar-refractivity contribution < 1.29 is 8.78 Å². The molecule has 4 aromatic rings. The van der Waals surface area contributed by atoms with E-state index < -0.39 is 6.17 Å². The van der Waals surface area contributed by atoms with E-state index in [1.54, 1.807) is 27.5 Å². The quantitative estimate of drug-likeness (QED) is 0.556. The van der Waals surface area contributed by atoms with Crippen LogP contribution < -0.4 is 0 Å². The molecule has 0 bridgehead atoms. The molecule has 124 valence electrons. The molecule has 0 N–H and O–H groups in total. The minimum Gasteiger partial charge on any atom is -0.265 e. The number of aromatic nitrogens is 4. The highest BCUT2D eigenvalue weighted by Gasteiger charge is 2.29. The first kappa shape index (κ1) is 14.3. The number of halogens is 2. The van der Waals surface area contributed by atoms with Crippen molar-refractivity contribution in [3.63, 3.8) is 0 Å². The Balaban J connectivity index is 1.74. The first-order valence-electron chi connectivity index (χ1n) is 8.12.